The van der Waals surface area contributed by atoms with Gasteiger partial charge in [0.05, 0.1) is 13.1 Å². The Morgan fingerprint density at radius 3 is 2.28 bits per heavy atom. The predicted molar refractivity (Wildman–Crippen MR) is 68.1 cm³/mol. The number of nitrogens with one attached hydrogen (secondary N) is 1. The van der Waals surface area contributed by atoms with E-state index in [0.717, 1.165) is 0 Å². The molecule has 2 amide bonds. The van der Waals surface area contributed by atoms with Gasteiger partial charge in [-0.1, -0.05) is 0 Å². The van der Waals surface area contributed by atoms with Crippen LogP contribution >= 0.6 is 15.9 Å². The van der Waals surface area contributed by atoms with Gasteiger partial charge in [0.2, 0.25) is 11.8 Å². The monoisotopic (exact) mass is 317 g/mol. The molecule has 1 aromatic rings. The number of rotatable bonds is 6. The summed E-state index contributed by atoms with van der Waals surface area (Å²) >= 11 is 3.21. The number of amides is 2. The number of nitrogen functional groups attached to an aromatic ring is 1. The first-order chi connectivity index (χ1) is 8.45. The van der Waals surface area contributed by atoms with E-state index in [-0.39, 0.29) is 18.9 Å². The van der Waals surface area contributed by atoms with Crippen LogP contribution in [0.5, 0.6) is 0 Å². The van der Waals surface area contributed by atoms with Crippen molar-refractivity contribution < 1.29 is 9.59 Å². The molecule has 18 heavy (non-hydrogen) atoms. The quantitative estimate of drug-likeness (QED) is 0.360. The second kappa shape index (κ2) is 6.12. The Morgan fingerprint density at radius 1 is 1.28 bits per heavy atom. The number of carbonyl (C=O) groups excluding carboxylic acids is 2. The van der Waals surface area contributed by atoms with Crippen molar-refractivity contribution >= 4 is 39.4 Å². The second-order valence-electron chi connectivity index (χ2n) is 3.29. The first-order valence-electron chi connectivity index (χ1n) is 4.74. The van der Waals surface area contributed by atoms with Crippen LogP contribution in [0.25, 0.3) is 0 Å². The minimum absolute atomic E-state index is 0.206. The molecule has 0 unspecified atom stereocenters. The zero-order valence-electron chi connectivity index (χ0n) is 9.26. The number of nitrogens with two attached hydrogens (primary N) is 3. The number of hydrogen-bond donors (Lipinski definition) is 4. The van der Waals surface area contributed by atoms with Crippen LogP contribution in [0.1, 0.15) is 0 Å². The normalized spacial score (nSPS) is 9.89. The van der Waals surface area contributed by atoms with Crippen molar-refractivity contribution in [3.05, 3.63) is 10.8 Å². The maximum absolute atomic E-state index is 11.0. The van der Waals surface area contributed by atoms with E-state index < -0.39 is 11.8 Å². The largest absolute Gasteiger partial charge is 0.368 e. The van der Waals surface area contributed by atoms with Crippen molar-refractivity contribution in [1.29, 1.82) is 0 Å². The molecule has 0 saturated heterocycles. The molecule has 9 nitrogen and oxygen atoms in total. The van der Waals surface area contributed by atoms with E-state index in [1.165, 1.54) is 11.2 Å². The fraction of sp³-hybridized carbons (Fsp3) is 0.250. The highest BCUT2D eigenvalue weighted by Crippen LogP contribution is 2.28. The molecule has 0 saturated carbocycles. The minimum atomic E-state index is -0.621. The summed E-state index contributed by atoms with van der Waals surface area (Å²) in [5.41, 5.74) is 12.5. The number of anilines is 2. The number of nitrogens with zero attached hydrogens (tertiary/aromatic N) is 3. The summed E-state index contributed by atoms with van der Waals surface area (Å²) in [6.45, 7) is -0.412. The zero-order valence-corrected chi connectivity index (χ0v) is 10.8. The summed E-state index contributed by atoms with van der Waals surface area (Å²) in [5.74, 6) is 4.60. The summed E-state index contributed by atoms with van der Waals surface area (Å²) in [6, 6.07) is 0. The summed E-state index contributed by atoms with van der Waals surface area (Å²) in [6.07, 6.45) is 1.23. The molecular weight excluding hydrogens is 306 g/mol. The lowest BCUT2D eigenvalue weighted by Gasteiger charge is -2.22. The maximum Gasteiger partial charge on any atom is 0.237 e. The van der Waals surface area contributed by atoms with E-state index in [2.05, 4.69) is 31.3 Å². The third-order valence-corrected chi connectivity index (χ3v) is 2.63. The van der Waals surface area contributed by atoms with Gasteiger partial charge in [0.15, 0.2) is 5.82 Å². The van der Waals surface area contributed by atoms with E-state index in [1.807, 2.05) is 0 Å². The van der Waals surface area contributed by atoms with Crippen molar-refractivity contribution in [3.8, 4) is 0 Å². The Hall–Kier alpha value is -1.94. The fourth-order valence-electron chi connectivity index (χ4n) is 1.26. The van der Waals surface area contributed by atoms with Crippen LogP contribution in [0.3, 0.4) is 0 Å². The van der Waals surface area contributed by atoms with E-state index in [9.17, 15) is 9.59 Å². The molecule has 0 aromatic carbocycles. The van der Waals surface area contributed by atoms with Crippen LogP contribution in [-0.4, -0.2) is 34.9 Å². The topological polar surface area (TPSA) is 153 Å². The van der Waals surface area contributed by atoms with Gasteiger partial charge in [-0.25, -0.2) is 15.8 Å². The van der Waals surface area contributed by atoms with Crippen molar-refractivity contribution in [2.24, 2.45) is 17.3 Å². The zero-order chi connectivity index (χ0) is 13.7. The van der Waals surface area contributed by atoms with E-state index in [0.29, 0.717) is 10.3 Å². The van der Waals surface area contributed by atoms with Crippen LogP contribution in [0.15, 0.2) is 10.8 Å². The number of hydrogen-bond acceptors (Lipinski definition) is 7. The van der Waals surface area contributed by atoms with Crippen LogP contribution in [0, 0.1) is 0 Å². The number of halogens is 1. The highest BCUT2D eigenvalue weighted by atomic mass is 79.9. The molecule has 0 aliphatic carbocycles. The Morgan fingerprint density at radius 2 is 1.83 bits per heavy atom. The first-order valence-corrected chi connectivity index (χ1v) is 5.53. The molecule has 0 fully saturated rings. The van der Waals surface area contributed by atoms with Gasteiger partial charge in [-0.3, -0.25) is 9.59 Å². The van der Waals surface area contributed by atoms with E-state index in [1.54, 1.807) is 0 Å². The average molecular weight is 318 g/mol. The second-order valence-corrected chi connectivity index (χ2v) is 4.09. The maximum atomic E-state index is 11.0. The van der Waals surface area contributed by atoms with Crippen molar-refractivity contribution in [2.45, 2.75) is 0 Å². The third-order valence-electron chi connectivity index (χ3n) is 1.90. The Balaban J connectivity index is 3.11. The Kier molecular flexibility index (Phi) is 4.80. The molecular formula is C8H12BrN7O2. The molecule has 0 spiro atoms. The van der Waals surface area contributed by atoms with Crippen LogP contribution in [-0.2, 0) is 9.59 Å². The highest BCUT2D eigenvalue weighted by molar-refractivity contribution is 9.10. The van der Waals surface area contributed by atoms with Gasteiger partial charge < -0.3 is 21.8 Å². The van der Waals surface area contributed by atoms with Gasteiger partial charge in [0.1, 0.15) is 16.6 Å². The predicted octanol–water partition coefficient (Wildman–Crippen LogP) is -1.70. The van der Waals surface area contributed by atoms with E-state index >= 15 is 0 Å². The fourth-order valence-corrected chi connectivity index (χ4v) is 1.83. The standard InChI is InChI=1S/C8H12BrN7O2/c9-6-7(15-12)13-3-14-8(6)16(1-4(10)17)2-5(11)18/h3H,1-2,12H2,(H2,10,17)(H2,11,18)(H,13,14,15). The number of hydrazine groups is 1. The summed E-state index contributed by atoms with van der Waals surface area (Å²) < 4.78 is 0.398. The van der Waals surface area contributed by atoms with E-state index in [4.69, 9.17) is 17.3 Å². The van der Waals surface area contributed by atoms with Crippen molar-refractivity contribution in [2.75, 3.05) is 23.4 Å². The Labute approximate surface area is 111 Å². The number of aromatic nitrogens is 2. The minimum Gasteiger partial charge on any atom is -0.368 e. The van der Waals surface area contributed by atoms with Crippen LogP contribution < -0.4 is 27.6 Å². The lowest BCUT2D eigenvalue weighted by atomic mass is 10.4. The molecule has 0 aliphatic heterocycles. The summed E-state index contributed by atoms with van der Waals surface area (Å²) in [5, 5.41) is 0. The van der Waals surface area contributed by atoms with Crippen molar-refractivity contribution in [3.63, 3.8) is 0 Å². The lowest BCUT2D eigenvalue weighted by molar-refractivity contribution is -0.117. The number of carbonyl (C=O) groups is 2. The molecule has 1 aromatic heterocycles. The van der Waals surface area contributed by atoms with Gasteiger partial charge in [-0.05, 0) is 15.9 Å². The smallest absolute Gasteiger partial charge is 0.237 e. The summed E-state index contributed by atoms with van der Waals surface area (Å²) in [4.78, 5) is 31.0. The van der Waals surface area contributed by atoms with Crippen molar-refractivity contribution in [1.82, 2.24) is 9.97 Å². The van der Waals surface area contributed by atoms with Crippen LogP contribution in [0.2, 0.25) is 0 Å². The summed E-state index contributed by atoms with van der Waals surface area (Å²) in [7, 11) is 0. The number of primary amides is 2. The molecule has 0 bridgehead atoms. The van der Waals surface area contributed by atoms with Gasteiger partial charge in [0, 0.05) is 0 Å². The SMILES string of the molecule is NNc1ncnc(N(CC(N)=O)CC(N)=O)c1Br. The van der Waals surface area contributed by atoms with Crippen LogP contribution in [0.4, 0.5) is 11.6 Å². The Bertz CT molecular complexity index is 451. The average Bonchev–Trinajstić information content (AvgIpc) is 2.27. The molecule has 0 aliphatic rings. The molecule has 10 heteroatoms. The molecule has 1 heterocycles. The van der Waals surface area contributed by atoms with Gasteiger partial charge in [-0.15, -0.1) is 0 Å². The van der Waals surface area contributed by atoms with Gasteiger partial charge in [-0.2, -0.15) is 0 Å². The molecule has 0 radical (unpaired) electrons. The van der Waals surface area contributed by atoms with Gasteiger partial charge in [0.25, 0.3) is 0 Å². The molecule has 1 rings (SSSR count). The third kappa shape index (κ3) is 3.53. The first kappa shape index (κ1) is 14.1. The lowest BCUT2D eigenvalue weighted by Crippen LogP contribution is -2.40. The molecule has 98 valence electrons. The van der Waals surface area contributed by atoms with Gasteiger partial charge >= 0.3 is 0 Å². The molecule has 7 N–H and O–H groups in total. The highest BCUT2D eigenvalue weighted by Gasteiger charge is 2.18. The molecule has 0 atom stereocenters.